The van der Waals surface area contributed by atoms with E-state index in [2.05, 4.69) is 45.0 Å². The fraction of sp³-hybridized carbons (Fsp3) is 0.625. The molecule has 0 radical (unpaired) electrons. The zero-order valence-corrected chi connectivity index (χ0v) is 11.4. The third-order valence-electron chi connectivity index (χ3n) is 4.54. The normalized spacial score (nSPS) is 28.7. The van der Waals surface area contributed by atoms with Crippen molar-refractivity contribution in [3.05, 3.63) is 35.4 Å². The number of nitrogens with two attached hydrogens (primary N) is 1. The summed E-state index contributed by atoms with van der Waals surface area (Å²) in [5, 5.41) is 0. The molecular weight excluding hydrogens is 206 g/mol. The van der Waals surface area contributed by atoms with Crippen LogP contribution in [0.5, 0.6) is 0 Å². The van der Waals surface area contributed by atoms with Crippen LogP contribution in [0.15, 0.2) is 24.3 Å². The maximum Gasteiger partial charge on any atom is 0.0409 e. The molecule has 17 heavy (non-hydrogen) atoms. The lowest BCUT2D eigenvalue weighted by Gasteiger charge is -2.39. The van der Waals surface area contributed by atoms with E-state index in [4.69, 9.17) is 5.73 Å². The Hall–Kier alpha value is -0.820. The second-order valence-electron chi connectivity index (χ2n) is 6.11. The molecule has 1 atom stereocenters. The molecular formula is C16H25N. The molecule has 0 spiro atoms. The Morgan fingerprint density at radius 1 is 1.06 bits per heavy atom. The summed E-state index contributed by atoms with van der Waals surface area (Å²) in [6.07, 6.45) is 5.23. The van der Waals surface area contributed by atoms with Crippen molar-refractivity contribution >= 4 is 0 Å². The molecule has 1 nitrogen and oxygen atoms in total. The van der Waals surface area contributed by atoms with Gasteiger partial charge in [0.05, 0.1) is 0 Å². The van der Waals surface area contributed by atoms with E-state index in [0.717, 1.165) is 5.92 Å². The van der Waals surface area contributed by atoms with Gasteiger partial charge in [0.2, 0.25) is 0 Å². The molecule has 1 aliphatic rings. The highest BCUT2D eigenvalue weighted by Crippen LogP contribution is 2.39. The number of hydrogen-bond donors (Lipinski definition) is 1. The highest BCUT2D eigenvalue weighted by atomic mass is 14.7. The molecule has 1 heteroatoms. The Bertz CT molecular complexity index is 356. The largest absolute Gasteiger partial charge is 0.321 e. The zero-order valence-electron chi connectivity index (χ0n) is 11.4. The van der Waals surface area contributed by atoms with Crippen LogP contribution in [0.25, 0.3) is 0 Å². The molecule has 1 aromatic carbocycles. The van der Waals surface area contributed by atoms with E-state index in [1.807, 2.05) is 0 Å². The van der Waals surface area contributed by atoms with Gasteiger partial charge in [-0.3, -0.25) is 0 Å². The monoisotopic (exact) mass is 231 g/mol. The maximum absolute atomic E-state index is 6.61. The number of rotatable bonds is 2. The highest BCUT2D eigenvalue weighted by Gasteiger charge is 2.33. The fourth-order valence-corrected chi connectivity index (χ4v) is 3.01. The van der Waals surface area contributed by atoms with Gasteiger partial charge in [-0.2, -0.15) is 0 Å². The third kappa shape index (κ3) is 2.71. The quantitative estimate of drug-likeness (QED) is 0.818. The Balaban J connectivity index is 2.15. The van der Waals surface area contributed by atoms with Crippen LogP contribution in [0.1, 0.15) is 50.7 Å². The van der Waals surface area contributed by atoms with Gasteiger partial charge in [0.25, 0.3) is 0 Å². The Labute approximate surface area is 105 Å². The lowest BCUT2D eigenvalue weighted by molar-refractivity contribution is 0.193. The first kappa shape index (κ1) is 12.6. The van der Waals surface area contributed by atoms with Crippen molar-refractivity contribution in [2.75, 3.05) is 0 Å². The molecule has 0 bridgehead atoms. The molecule has 1 unspecified atom stereocenters. The topological polar surface area (TPSA) is 26.0 Å². The summed E-state index contributed by atoms with van der Waals surface area (Å²) in [6, 6.07) is 8.75. The minimum absolute atomic E-state index is 0.159. The van der Waals surface area contributed by atoms with Crippen molar-refractivity contribution in [3.8, 4) is 0 Å². The molecule has 2 rings (SSSR count). The summed E-state index contributed by atoms with van der Waals surface area (Å²) in [5.41, 5.74) is 9.05. The van der Waals surface area contributed by atoms with Crippen molar-refractivity contribution < 1.29 is 0 Å². The summed E-state index contributed by atoms with van der Waals surface area (Å²) in [6.45, 7) is 6.69. The van der Waals surface area contributed by atoms with Crippen LogP contribution in [0.3, 0.4) is 0 Å². The summed E-state index contributed by atoms with van der Waals surface area (Å²) >= 11 is 0. The summed E-state index contributed by atoms with van der Waals surface area (Å²) in [7, 11) is 0. The van der Waals surface area contributed by atoms with Crippen LogP contribution in [0.4, 0.5) is 0 Å². The van der Waals surface area contributed by atoms with Gasteiger partial charge in [-0.25, -0.2) is 0 Å². The first-order chi connectivity index (χ1) is 8.00. The molecule has 0 heterocycles. The van der Waals surface area contributed by atoms with Gasteiger partial charge in [0.1, 0.15) is 0 Å². The second kappa shape index (κ2) is 4.81. The molecule has 2 N–H and O–H groups in total. The molecule has 0 aromatic heterocycles. The van der Waals surface area contributed by atoms with Gasteiger partial charge < -0.3 is 5.73 Å². The first-order valence-electron chi connectivity index (χ1n) is 6.86. The summed E-state index contributed by atoms with van der Waals surface area (Å²) < 4.78 is 0. The average Bonchev–Trinajstić information content (AvgIpc) is 2.30. The maximum atomic E-state index is 6.61. The van der Waals surface area contributed by atoms with Crippen molar-refractivity contribution in [1.82, 2.24) is 0 Å². The van der Waals surface area contributed by atoms with Gasteiger partial charge in [0.15, 0.2) is 0 Å². The SMILES string of the molecule is Cc1ccc(C(C)(N)C2CCC(C)CC2)cc1. The molecule has 1 fully saturated rings. The first-order valence-corrected chi connectivity index (χ1v) is 6.86. The van der Waals surface area contributed by atoms with Crippen LogP contribution < -0.4 is 5.73 Å². The van der Waals surface area contributed by atoms with Crippen molar-refractivity contribution in [3.63, 3.8) is 0 Å². The molecule has 1 saturated carbocycles. The number of benzene rings is 1. The molecule has 0 amide bonds. The smallest absolute Gasteiger partial charge is 0.0409 e. The van der Waals surface area contributed by atoms with Crippen molar-refractivity contribution in [1.29, 1.82) is 0 Å². The van der Waals surface area contributed by atoms with E-state index in [1.54, 1.807) is 0 Å². The van der Waals surface area contributed by atoms with E-state index in [0.29, 0.717) is 5.92 Å². The van der Waals surface area contributed by atoms with Crippen LogP contribution in [0, 0.1) is 18.8 Å². The highest BCUT2D eigenvalue weighted by molar-refractivity contribution is 5.28. The summed E-state index contributed by atoms with van der Waals surface area (Å²) in [4.78, 5) is 0. The average molecular weight is 231 g/mol. The third-order valence-corrected chi connectivity index (χ3v) is 4.54. The van der Waals surface area contributed by atoms with Gasteiger partial charge in [-0.05, 0) is 44.1 Å². The molecule has 94 valence electrons. The molecule has 0 saturated heterocycles. The Kier molecular flexibility index (Phi) is 3.58. The van der Waals surface area contributed by atoms with Crippen LogP contribution in [-0.2, 0) is 5.54 Å². The van der Waals surface area contributed by atoms with E-state index in [1.165, 1.54) is 36.8 Å². The fourth-order valence-electron chi connectivity index (χ4n) is 3.01. The number of aryl methyl sites for hydroxylation is 1. The summed E-state index contributed by atoms with van der Waals surface area (Å²) in [5.74, 6) is 1.53. The minimum atomic E-state index is -0.159. The van der Waals surface area contributed by atoms with Gasteiger partial charge in [-0.15, -0.1) is 0 Å². The van der Waals surface area contributed by atoms with Gasteiger partial charge >= 0.3 is 0 Å². The van der Waals surface area contributed by atoms with Crippen molar-refractivity contribution in [2.24, 2.45) is 17.6 Å². The van der Waals surface area contributed by atoms with E-state index in [9.17, 15) is 0 Å². The Morgan fingerprint density at radius 2 is 1.59 bits per heavy atom. The minimum Gasteiger partial charge on any atom is -0.321 e. The predicted octanol–water partition coefficient (Wildman–Crippen LogP) is 4.00. The standard InChI is InChI=1S/C16H25N/c1-12-4-8-14(9-5-12)16(3,17)15-10-6-13(2)7-11-15/h4-5,8-9,13,15H,6-7,10-11,17H2,1-3H3. The van der Waals surface area contributed by atoms with Crippen LogP contribution in [-0.4, -0.2) is 0 Å². The van der Waals surface area contributed by atoms with E-state index in [-0.39, 0.29) is 5.54 Å². The number of hydrogen-bond acceptors (Lipinski definition) is 1. The zero-order chi connectivity index (χ0) is 12.5. The second-order valence-corrected chi connectivity index (χ2v) is 6.11. The predicted molar refractivity (Wildman–Crippen MR) is 73.8 cm³/mol. The van der Waals surface area contributed by atoms with Gasteiger partial charge in [0, 0.05) is 5.54 Å². The van der Waals surface area contributed by atoms with E-state index >= 15 is 0 Å². The lowest BCUT2D eigenvalue weighted by Crippen LogP contribution is -2.42. The molecule has 1 aliphatic carbocycles. The molecule has 1 aromatic rings. The lowest BCUT2D eigenvalue weighted by atomic mass is 9.70. The van der Waals surface area contributed by atoms with Crippen LogP contribution >= 0.6 is 0 Å². The van der Waals surface area contributed by atoms with E-state index < -0.39 is 0 Å². The molecule has 0 aliphatic heterocycles. The van der Waals surface area contributed by atoms with Gasteiger partial charge in [-0.1, -0.05) is 49.6 Å². The Morgan fingerprint density at radius 3 is 2.12 bits per heavy atom. The van der Waals surface area contributed by atoms with Crippen molar-refractivity contribution in [2.45, 2.75) is 52.0 Å². The van der Waals surface area contributed by atoms with Crippen LogP contribution in [0.2, 0.25) is 0 Å².